The van der Waals surface area contributed by atoms with E-state index >= 15 is 0 Å². The van der Waals surface area contributed by atoms with Gasteiger partial charge in [-0.15, -0.1) is 0 Å². The first-order valence-corrected chi connectivity index (χ1v) is 11.1. The summed E-state index contributed by atoms with van der Waals surface area (Å²) in [6, 6.07) is 23.6. The van der Waals surface area contributed by atoms with Gasteiger partial charge in [0.05, 0.1) is 0 Å². The van der Waals surface area contributed by atoms with Crippen LogP contribution in [0.2, 0.25) is 0 Å². The molecule has 0 saturated heterocycles. The Hall–Kier alpha value is -3.40. The predicted molar refractivity (Wildman–Crippen MR) is 124 cm³/mol. The summed E-state index contributed by atoms with van der Waals surface area (Å²) in [6.07, 6.45) is 5.18. The van der Waals surface area contributed by atoms with Crippen LogP contribution in [0.1, 0.15) is 41.6 Å². The summed E-state index contributed by atoms with van der Waals surface area (Å²) in [6.45, 7) is 0.739. The van der Waals surface area contributed by atoms with Crippen LogP contribution in [0.25, 0.3) is 11.1 Å². The summed E-state index contributed by atoms with van der Waals surface area (Å²) in [5.41, 5.74) is 5.67. The number of hydrogen-bond donors (Lipinski definition) is 1. The van der Waals surface area contributed by atoms with Gasteiger partial charge in [-0.2, -0.15) is 0 Å². The predicted octanol–water partition coefficient (Wildman–Crippen LogP) is 5.69. The number of nitrogens with zero attached hydrogens (tertiary/aromatic N) is 1. The molecule has 3 aromatic carbocycles. The van der Waals surface area contributed by atoms with E-state index in [4.69, 9.17) is 0 Å². The highest BCUT2D eigenvalue weighted by Crippen LogP contribution is 2.35. The van der Waals surface area contributed by atoms with Crippen LogP contribution in [0.3, 0.4) is 0 Å². The summed E-state index contributed by atoms with van der Waals surface area (Å²) < 4.78 is 0. The number of benzene rings is 3. The van der Waals surface area contributed by atoms with E-state index in [-0.39, 0.29) is 17.7 Å². The molecule has 1 saturated carbocycles. The molecule has 2 aliphatic rings. The molecule has 4 heteroatoms. The van der Waals surface area contributed by atoms with Gasteiger partial charge in [0.25, 0.3) is 5.91 Å². The fourth-order valence-electron chi connectivity index (χ4n) is 4.73. The van der Waals surface area contributed by atoms with Crippen molar-refractivity contribution in [1.82, 2.24) is 0 Å². The Bertz CT molecular complexity index is 1100. The number of carbonyl (C=O) groups is 2. The Morgan fingerprint density at radius 2 is 1.55 bits per heavy atom. The molecule has 0 unspecified atom stereocenters. The highest BCUT2D eigenvalue weighted by atomic mass is 16.2. The smallest absolute Gasteiger partial charge is 0.255 e. The number of fused-ring (bicyclic) bond motifs is 1. The third-order valence-electron chi connectivity index (χ3n) is 6.46. The fraction of sp³-hybridized carbons (Fsp3) is 0.259. The summed E-state index contributed by atoms with van der Waals surface area (Å²) in [7, 11) is 0. The quantitative estimate of drug-likeness (QED) is 0.601. The lowest BCUT2D eigenvalue weighted by Crippen LogP contribution is -2.33. The molecule has 0 spiro atoms. The van der Waals surface area contributed by atoms with Crippen molar-refractivity contribution in [3.63, 3.8) is 0 Å². The average molecular weight is 411 g/mol. The molecule has 5 rings (SSSR count). The van der Waals surface area contributed by atoms with Crippen LogP contribution in [0.5, 0.6) is 0 Å². The highest BCUT2D eigenvalue weighted by molar-refractivity contribution is 6.05. The topological polar surface area (TPSA) is 49.4 Å². The first-order chi connectivity index (χ1) is 15.2. The fourth-order valence-corrected chi connectivity index (χ4v) is 4.73. The van der Waals surface area contributed by atoms with Crippen LogP contribution in [0, 0.1) is 5.92 Å². The zero-order valence-electron chi connectivity index (χ0n) is 17.5. The number of anilines is 2. The first kappa shape index (κ1) is 19.6. The summed E-state index contributed by atoms with van der Waals surface area (Å²) in [5.74, 6) is 0.259. The molecule has 2 amide bonds. The molecule has 1 aliphatic carbocycles. The Labute approximate surface area is 182 Å². The number of carbonyl (C=O) groups excluding carboxylic acids is 2. The maximum Gasteiger partial charge on any atom is 0.255 e. The average Bonchev–Trinajstić information content (AvgIpc) is 3.49. The molecule has 1 N–H and O–H groups in total. The van der Waals surface area contributed by atoms with E-state index < -0.39 is 0 Å². The lowest BCUT2D eigenvalue weighted by atomic mass is 10.0. The van der Waals surface area contributed by atoms with Crippen molar-refractivity contribution in [3.05, 3.63) is 83.9 Å². The van der Waals surface area contributed by atoms with Gasteiger partial charge >= 0.3 is 0 Å². The molecule has 4 nitrogen and oxygen atoms in total. The van der Waals surface area contributed by atoms with Crippen LogP contribution in [0.4, 0.5) is 11.4 Å². The Morgan fingerprint density at radius 3 is 2.29 bits per heavy atom. The van der Waals surface area contributed by atoms with Crippen molar-refractivity contribution < 1.29 is 9.59 Å². The molecular formula is C27H26N2O2. The number of nitrogens with one attached hydrogen (secondary N) is 1. The van der Waals surface area contributed by atoms with E-state index in [0.29, 0.717) is 5.56 Å². The van der Waals surface area contributed by atoms with Crippen LogP contribution in [-0.4, -0.2) is 18.4 Å². The van der Waals surface area contributed by atoms with Gasteiger partial charge in [0.2, 0.25) is 5.91 Å². The first-order valence-electron chi connectivity index (χ1n) is 11.1. The third-order valence-corrected chi connectivity index (χ3v) is 6.46. The molecule has 1 fully saturated rings. The van der Waals surface area contributed by atoms with Gasteiger partial charge in [-0.3, -0.25) is 9.59 Å². The highest BCUT2D eigenvalue weighted by Gasteiger charge is 2.32. The van der Waals surface area contributed by atoms with E-state index in [1.807, 2.05) is 65.6 Å². The van der Waals surface area contributed by atoms with Crippen molar-refractivity contribution in [1.29, 1.82) is 0 Å². The van der Waals surface area contributed by atoms with Gasteiger partial charge in [0.1, 0.15) is 0 Å². The van der Waals surface area contributed by atoms with Crippen molar-refractivity contribution in [2.45, 2.75) is 32.1 Å². The number of hydrogen-bond acceptors (Lipinski definition) is 2. The summed E-state index contributed by atoms with van der Waals surface area (Å²) in [4.78, 5) is 27.7. The number of amides is 2. The van der Waals surface area contributed by atoms with Crippen molar-refractivity contribution in [2.24, 2.45) is 5.92 Å². The minimum Gasteiger partial charge on any atom is -0.322 e. The largest absolute Gasteiger partial charge is 0.322 e. The van der Waals surface area contributed by atoms with E-state index in [0.717, 1.165) is 61.2 Å². The molecule has 156 valence electrons. The molecule has 1 aliphatic heterocycles. The lowest BCUT2D eigenvalue weighted by molar-refractivity contribution is -0.122. The monoisotopic (exact) mass is 410 g/mol. The number of rotatable bonds is 4. The molecular weight excluding hydrogens is 384 g/mol. The normalized spacial score (nSPS) is 15.7. The SMILES string of the molecule is O=C(Nc1ccc2c(c1)N(C(=O)C1CCCC1)CC2)c1ccc(-c2ccccc2)cc1. The van der Waals surface area contributed by atoms with Crippen molar-refractivity contribution in [3.8, 4) is 11.1 Å². The Morgan fingerprint density at radius 1 is 0.839 bits per heavy atom. The second-order valence-electron chi connectivity index (χ2n) is 8.46. The molecule has 0 radical (unpaired) electrons. The molecule has 0 aromatic heterocycles. The Balaban J connectivity index is 1.31. The van der Waals surface area contributed by atoms with Crippen molar-refractivity contribution in [2.75, 3.05) is 16.8 Å². The van der Waals surface area contributed by atoms with Gasteiger partial charge in [0, 0.05) is 29.4 Å². The van der Waals surface area contributed by atoms with E-state index in [1.54, 1.807) is 0 Å². The third kappa shape index (κ3) is 3.98. The van der Waals surface area contributed by atoms with E-state index in [9.17, 15) is 9.59 Å². The minimum atomic E-state index is -0.147. The second-order valence-corrected chi connectivity index (χ2v) is 8.46. The van der Waals surface area contributed by atoms with Gasteiger partial charge in [0.15, 0.2) is 0 Å². The van der Waals surface area contributed by atoms with Crippen LogP contribution in [0.15, 0.2) is 72.8 Å². The van der Waals surface area contributed by atoms with Gasteiger partial charge in [-0.1, -0.05) is 61.4 Å². The standard InChI is InChI=1S/C27H26N2O2/c30-26(22-12-10-20(11-13-22)19-6-2-1-3-7-19)28-24-15-14-21-16-17-29(25(21)18-24)27(31)23-8-4-5-9-23/h1-3,6-7,10-15,18,23H,4-5,8-9,16-17H2,(H,28,30). The molecule has 0 atom stereocenters. The lowest BCUT2D eigenvalue weighted by Gasteiger charge is -2.21. The molecule has 31 heavy (non-hydrogen) atoms. The summed E-state index contributed by atoms with van der Waals surface area (Å²) in [5, 5.41) is 3.00. The van der Waals surface area contributed by atoms with Crippen LogP contribution < -0.4 is 10.2 Å². The molecule has 3 aromatic rings. The van der Waals surface area contributed by atoms with Gasteiger partial charge in [-0.25, -0.2) is 0 Å². The van der Waals surface area contributed by atoms with Gasteiger partial charge in [-0.05, 0) is 60.2 Å². The zero-order valence-corrected chi connectivity index (χ0v) is 17.5. The van der Waals surface area contributed by atoms with Crippen LogP contribution in [-0.2, 0) is 11.2 Å². The van der Waals surface area contributed by atoms with Crippen molar-refractivity contribution >= 4 is 23.2 Å². The molecule has 0 bridgehead atoms. The van der Waals surface area contributed by atoms with Gasteiger partial charge < -0.3 is 10.2 Å². The Kier molecular flexibility index (Phi) is 5.29. The van der Waals surface area contributed by atoms with Crippen LogP contribution >= 0.6 is 0 Å². The second kappa shape index (κ2) is 8.38. The van der Waals surface area contributed by atoms with E-state index in [2.05, 4.69) is 17.4 Å². The minimum absolute atomic E-state index is 0.147. The zero-order chi connectivity index (χ0) is 21.2. The van der Waals surface area contributed by atoms with E-state index in [1.165, 1.54) is 5.56 Å². The maximum atomic E-state index is 13.0. The molecule has 1 heterocycles. The summed E-state index contributed by atoms with van der Waals surface area (Å²) >= 11 is 0. The maximum absolute atomic E-state index is 13.0.